The number of aryl methyl sites for hydroxylation is 1. The highest BCUT2D eigenvalue weighted by Gasteiger charge is 2.66. The van der Waals surface area contributed by atoms with Gasteiger partial charge in [0.05, 0.1) is 49.1 Å². The van der Waals surface area contributed by atoms with E-state index in [1.807, 2.05) is 19.9 Å². The van der Waals surface area contributed by atoms with Crippen LogP contribution in [0.15, 0.2) is 53.0 Å². The van der Waals surface area contributed by atoms with E-state index < -0.39 is 173 Å². The van der Waals surface area contributed by atoms with Gasteiger partial charge in [-0.15, -0.1) is 0 Å². The van der Waals surface area contributed by atoms with Crippen LogP contribution in [0, 0.1) is 41.4 Å². The molecule has 23 atom stereocenters. The van der Waals surface area contributed by atoms with Crippen molar-refractivity contribution in [1.29, 1.82) is 0 Å². The molecule has 22 nitrogen and oxygen atoms in total. The molecule has 9 rings (SSSR count). The molecular formula is C61H86O22. The summed E-state index contributed by atoms with van der Waals surface area (Å²) in [5.74, 6) is -7.15. The van der Waals surface area contributed by atoms with E-state index in [2.05, 4.69) is 0 Å². The van der Waals surface area contributed by atoms with Gasteiger partial charge in [0.15, 0.2) is 36.3 Å². The van der Waals surface area contributed by atoms with Crippen LogP contribution < -0.4 is 4.74 Å². The summed E-state index contributed by atoms with van der Waals surface area (Å²) in [6.07, 6.45) is -10.3. The zero-order valence-corrected chi connectivity index (χ0v) is 49.9. The Balaban J connectivity index is 1.11. The molecule has 0 amide bonds. The van der Waals surface area contributed by atoms with Crippen LogP contribution in [0.2, 0.25) is 0 Å². The molecule has 8 aliphatic rings. The van der Waals surface area contributed by atoms with Crippen molar-refractivity contribution in [2.75, 3.05) is 28.4 Å². The van der Waals surface area contributed by atoms with Crippen LogP contribution in [0.3, 0.4) is 0 Å². The zero-order chi connectivity index (χ0) is 60.4. The SMILES string of the molecule is CC[C@@H]1C[C@@]23OC(=O)C(=C2O)OC(=O)[C@@]2(C)[C@@H](CCCC[C@@]3(C)C=C1C(=O)O)C(C)=C[C@@H]1[C@H](O[C@@H]3O[C@@H](C)[C@@H](OC(=O)c4c(C)cccc4OC)[C@@H](O[C@@H]4C[C@@H](O)[C@H](OC)[C@H](C)O4)[C@@H]3O)[C@H](O[C@H]3O[C@H](C)[C@@H](OC)[C@@](C)(O)[C@@H]3OC)CC[C@@H]12. The number of carboxylic acid groups (broad SMARTS) is 1. The molecule has 5 N–H and O–H groups in total. The largest absolute Gasteiger partial charge is 0.505 e. The molecule has 83 heavy (non-hydrogen) atoms. The standard InChI is InChI=1S/C61H86O22/c1-14-33-26-61-49(64)48(54(68)83-61)82-57(69)59(8)36(19-15-16-23-58(61,7)27-35(33)52(65)66)29(3)24-34-37(59)21-22-40(78-56-51(74-13)60(9,70)50(73-12)32(6)77-56)46(34)81-55-43(63)47(79-41-25-38(62)44(72-11)30(4)75-41)45(31(5)76-55)80-53(67)42-28(2)18-17-20-39(42)71-10/h17-18,20,24,27,30-34,36-38,40-41,43-47,50-51,55-56,62-64,70H,14-16,19,21-23,25-26H2,1-13H3,(H,65,66)/t30-,31-,32+,33+,34-,36-,37-,38+,40+,41+,43-,44+,45+,46-,47-,50+,51+,55-,56+,58-,59-,60+,61+/m0/s1. The summed E-state index contributed by atoms with van der Waals surface area (Å²) in [5, 5.41) is 58.7. The number of allylic oxidation sites excluding steroid dienone is 1. The zero-order valence-electron chi connectivity index (χ0n) is 49.9. The number of ether oxygens (including phenoxy) is 13. The van der Waals surface area contributed by atoms with Gasteiger partial charge in [-0.25, -0.2) is 14.4 Å². The van der Waals surface area contributed by atoms with Crippen molar-refractivity contribution < 1.29 is 106 Å². The Morgan fingerprint density at radius 3 is 2.16 bits per heavy atom. The van der Waals surface area contributed by atoms with Crippen molar-refractivity contribution in [2.24, 2.45) is 34.5 Å². The number of carbonyl (C=O) groups is 4. The van der Waals surface area contributed by atoms with Gasteiger partial charge < -0.3 is 87.1 Å². The van der Waals surface area contributed by atoms with Crippen LogP contribution in [-0.2, 0) is 71.2 Å². The van der Waals surface area contributed by atoms with Gasteiger partial charge >= 0.3 is 23.9 Å². The van der Waals surface area contributed by atoms with Gasteiger partial charge in [0.1, 0.15) is 47.4 Å². The number of esters is 3. The van der Waals surface area contributed by atoms with Gasteiger partial charge in [0.2, 0.25) is 0 Å². The third-order valence-electron chi connectivity index (χ3n) is 19.9. The summed E-state index contributed by atoms with van der Waals surface area (Å²) in [6.45, 7) is 15.7. The Hall–Kier alpha value is -4.56. The third kappa shape index (κ3) is 11.0. The minimum Gasteiger partial charge on any atom is -0.505 e. The molecule has 3 saturated heterocycles. The second-order valence-electron chi connectivity index (χ2n) is 24.8. The number of aliphatic carboxylic acids is 1. The van der Waals surface area contributed by atoms with Gasteiger partial charge in [-0.2, -0.15) is 0 Å². The van der Waals surface area contributed by atoms with Crippen LogP contribution in [0.4, 0.5) is 0 Å². The van der Waals surface area contributed by atoms with Crippen molar-refractivity contribution in [3.63, 3.8) is 0 Å². The Bertz CT molecular complexity index is 2670. The molecule has 22 heteroatoms. The Kier molecular flexibility index (Phi) is 18.4. The lowest BCUT2D eigenvalue weighted by Gasteiger charge is -2.55. The number of carboxylic acids is 1. The number of fused-ring (bicyclic) bond motifs is 3. The minimum atomic E-state index is -1.75. The molecule has 1 spiro atoms. The minimum absolute atomic E-state index is 0.0359. The molecule has 4 fully saturated rings. The van der Waals surface area contributed by atoms with Crippen molar-refractivity contribution in [1.82, 2.24) is 0 Å². The average molecular weight is 1170 g/mol. The fourth-order valence-corrected chi connectivity index (χ4v) is 15.5. The van der Waals surface area contributed by atoms with E-state index in [1.54, 1.807) is 72.7 Å². The smallest absolute Gasteiger partial charge is 0.379 e. The monoisotopic (exact) mass is 1170 g/mol. The van der Waals surface area contributed by atoms with Crippen molar-refractivity contribution >= 4 is 23.9 Å². The highest BCUT2D eigenvalue weighted by molar-refractivity contribution is 5.95. The van der Waals surface area contributed by atoms with Crippen LogP contribution in [0.1, 0.15) is 129 Å². The summed E-state index contributed by atoms with van der Waals surface area (Å²) < 4.78 is 81.4. The summed E-state index contributed by atoms with van der Waals surface area (Å²) >= 11 is 0. The first-order chi connectivity index (χ1) is 39.2. The average Bonchev–Trinajstić information content (AvgIpc) is 2.24. The van der Waals surface area contributed by atoms with Crippen molar-refractivity contribution in [2.45, 2.75) is 223 Å². The van der Waals surface area contributed by atoms with E-state index in [9.17, 15) is 39.9 Å². The van der Waals surface area contributed by atoms with Crippen LogP contribution in [0.25, 0.3) is 0 Å². The number of aliphatic hydroxyl groups is 4. The van der Waals surface area contributed by atoms with E-state index >= 15 is 4.79 Å². The molecule has 1 saturated carbocycles. The number of hydrogen-bond donors (Lipinski definition) is 5. The maximum atomic E-state index is 15.6. The third-order valence-corrected chi connectivity index (χ3v) is 19.9. The molecule has 3 aliphatic carbocycles. The molecule has 0 radical (unpaired) electrons. The molecule has 462 valence electrons. The molecule has 1 aromatic carbocycles. The Morgan fingerprint density at radius 1 is 0.807 bits per heavy atom. The van der Waals surface area contributed by atoms with Gasteiger partial charge in [-0.1, -0.05) is 56.5 Å². The first kappa shape index (κ1) is 63.0. The number of hydrogen-bond acceptors (Lipinski definition) is 21. The molecule has 5 heterocycles. The molecular weight excluding hydrogens is 1080 g/mol. The highest BCUT2D eigenvalue weighted by Crippen LogP contribution is 2.60. The predicted molar refractivity (Wildman–Crippen MR) is 291 cm³/mol. The number of carbonyl (C=O) groups excluding carboxylic acids is 3. The van der Waals surface area contributed by atoms with Crippen LogP contribution in [-0.4, -0.2) is 181 Å². The molecule has 0 unspecified atom stereocenters. The fourth-order valence-electron chi connectivity index (χ4n) is 15.5. The summed E-state index contributed by atoms with van der Waals surface area (Å²) in [6, 6.07) is 5.09. The summed E-state index contributed by atoms with van der Waals surface area (Å²) in [5.41, 5.74) is -4.29. The summed E-state index contributed by atoms with van der Waals surface area (Å²) in [4.78, 5) is 56.7. The molecule has 2 bridgehead atoms. The van der Waals surface area contributed by atoms with Gasteiger partial charge in [-0.3, -0.25) is 4.79 Å². The quantitative estimate of drug-likeness (QED) is 0.0803. The van der Waals surface area contributed by atoms with Gasteiger partial charge in [-0.05, 0) is 110 Å². The molecule has 1 aromatic rings. The van der Waals surface area contributed by atoms with Gasteiger partial charge in [0.25, 0.3) is 5.76 Å². The number of rotatable bonds is 14. The van der Waals surface area contributed by atoms with Crippen molar-refractivity contribution in [3.8, 4) is 5.75 Å². The second kappa shape index (κ2) is 24.3. The maximum Gasteiger partial charge on any atom is 0.379 e. The Labute approximate surface area is 484 Å². The number of methoxy groups -OCH3 is 4. The topological polar surface area (TPSA) is 289 Å². The van der Waals surface area contributed by atoms with E-state index in [0.29, 0.717) is 44.1 Å². The highest BCUT2D eigenvalue weighted by atomic mass is 16.8. The van der Waals surface area contributed by atoms with Crippen molar-refractivity contribution in [3.05, 3.63) is 64.1 Å². The van der Waals surface area contributed by atoms with Gasteiger partial charge in [0, 0.05) is 51.1 Å². The first-order valence-corrected chi connectivity index (χ1v) is 29.2. The fraction of sp³-hybridized carbons (Fsp3) is 0.738. The first-order valence-electron chi connectivity index (χ1n) is 29.2. The lowest BCUT2D eigenvalue weighted by Crippen LogP contribution is -2.67. The maximum absolute atomic E-state index is 15.6. The summed E-state index contributed by atoms with van der Waals surface area (Å²) in [7, 11) is 5.77. The molecule has 5 aliphatic heterocycles. The lowest BCUT2D eigenvalue weighted by atomic mass is 9.52. The van der Waals surface area contributed by atoms with Crippen LogP contribution >= 0.6 is 0 Å². The number of benzene rings is 1. The predicted octanol–water partition coefficient (Wildman–Crippen LogP) is 6.07. The second-order valence-corrected chi connectivity index (χ2v) is 24.8. The normalized spacial score (nSPS) is 43.8. The lowest BCUT2D eigenvalue weighted by molar-refractivity contribution is -0.367. The van der Waals surface area contributed by atoms with Crippen LogP contribution in [0.5, 0.6) is 5.75 Å². The Morgan fingerprint density at radius 2 is 1.51 bits per heavy atom. The van der Waals surface area contributed by atoms with E-state index in [-0.39, 0.29) is 36.1 Å². The van der Waals surface area contributed by atoms with E-state index in [1.165, 1.54) is 28.4 Å². The van der Waals surface area contributed by atoms with E-state index in [4.69, 9.17) is 61.6 Å². The number of aliphatic hydroxyl groups excluding tert-OH is 3. The van der Waals surface area contributed by atoms with E-state index in [0.717, 1.165) is 5.57 Å². The molecule has 0 aromatic heterocycles.